The van der Waals surface area contributed by atoms with Crippen molar-refractivity contribution in [3.05, 3.63) is 66.2 Å². The van der Waals surface area contributed by atoms with Gasteiger partial charge in [0.05, 0.1) is 20.7 Å². The van der Waals surface area contributed by atoms with Gasteiger partial charge >= 0.3 is 0 Å². The predicted octanol–water partition coefficient (Wildman–Crippen LogP) is 4.55. The van der Waals surface area contributed by atoms with Crippen LogP contribution >= 0.6 is 34.7 Å². The first-order chi connectivity index (χ1) is 11.4. The van der Waals surface area contributed by atoms with Gasteiger partial charge in [0.1, 0.15) is 0 Å². The lowest BCUT2D eigenvalue weighted by molar-refractivity contribution is -0.384. The summed E-state index contributed by atoms with van der Waals surface area (Å²) < 4.78 is 0.595. The zero-order chi connectivity index (χ0) is 17.3. The molecule has 122 valence electrons. The minimum absolute atomic E-state index is 0.00508. The zero-order valence-corrected chi connectivity index (χ0v) is 14.4. The lowest BCUT2D eigenvalue weighted by atomic mass is 10.2. The van der Waals surface area contributed by atoms with Crippen LogP contribution in [0.1, 0.15) is 10.4 Å². The van der Waals surface area contributed by atoms with E-state index in [1.165, 1.54) is 29.5 Å². The molecule has 1 aromatic heterocycles. The van der Waals surface area contributed by atoms with E-state index in [4.69, 9.17) is 11.6 Å². The third-order valence-corrected chi connectivity index (χ3v) is 5.29. The quantitative estimate of drug-likeness (QED) is 0.441. The number of hydrogen-bond donors (Lipinski definition) is 0. The Morgan fingerprint density at radius 2 is 2.04 bits per heavy atom. The lowest BCUT2D eigenvalue weighted by Gasteiger charge is -2.12. The number of nitro groups is 1. The van der Waals surface area contributed by atoms with Gasteiger partial charge in [-0.3, -0.25) is 24.6 Å². The van der Waals surface area contributed by atoms with Crippen LogP contribution in [0.3, 0.4) is 0 Å². The minimum atomic E-state index is -0.516. The molecule has 6 nitrogen and oxygen atoms in total. The number of carbonyl (C=O) groups is 2. The van der Waals surface area contributed by atoms with Gasteiger partial charge in [0, 0.05) is 17.0 Å². The average Bonchev–Trinajstić information content (AvgIpc) is 3.06. The number of nitro benzene ring substituents is 1. The number of imide groups is 1. The second-order valence-corrected chi connectivity index (χ2v) is 7.58. The molecule has 0 N–H and O–H groups in total. The molecule has 1 aromatic carbocycles. The van der Waals surface area contributed by atoms with E-state index in [9.17, 15) is 19.7 Å². The number of non-ortho nitro benzene ring substituents is 1. The number of nitrogens with zero attached hydrogens (tertiary/aromatic N) is 2. The van der Waals surface area contributed by atoms with E-state index < -0.39 is 16.1 Å². The summed E-state index contributed by atoms with van der Waals surface area (Å²) in [5.74, 6) is -0.416. The topological polar surface area (TPSA) is 80.5 Å². The van der Waals surface area contributed by atoms with E-state index in [0.717, 1.165) is 21.5 Å². The fourth-order valence-electron chi connectivity index (χ4n) is 2.12. The molecule has 1 fully saturated rings. The van der Waals surface area contributed by atoms with E-state index in [1.54, 1.807) is 24.3 Å². The van der Waals surface area contributed by atoms with Crippen LogP contribution in [0.25, 0.3) is 6.08 Å². The molecule has 1 saturated heterocycles. The predicted molar refractivity (Wildman–Crippen MR) is 93.9 cm³/mol. The van der Waals surface area contributed by atoms with Crippen molar-refractivity contribution in [2.75, 3.05) is 0 Å². The molecular formula is C15H9ClN2O4S2. The van der Waals surface area contributed by atoms with Crippen LogP contribution in [0.15, 0.2) is 41.3 Å². The number of thioether (sulfide) groups is 1. The Labute approximate surface area is 149 Å². The molecule has 9 heteroatoms. The third-order valence-electron chi connectivity index (χ3n) is 3.20. The summed E-state index contributed by atoms with van der Waals surface area (Å²) in [5.41, 5.74) is 0.440. The minimum Gasteiger partial charge on any atom is -0.268 e. The van der Waals surface area contributed by atoms with Crippen LogP contribution in [0.5, 0.6) is 0 Å². The number of thiophene rings is 1. The Morgan fingerprint density at radius 3 is 2.71 bits per heavy atom. The van der Waals surface area contributed by atoms with Crippen molar-refractivity contribution in [2.45, 2.75) is 6.54 Å². The largest absolute Gasteiger partial charge is 0.293 e. The molecule has 0 aliphatic carbocycles. The monoisotopic (exact) mass is 380 g/mol. The van der Waals surface area contributed by atoms with Gasteiger partial charge in [0.15, 0.2) is 0 Å². The average molecular weight is 381 g/mol. The van der Waals surface area contributed by atoms with Crippen LogP contribution < -0.4 is 0 Å². The Kier molecular flexibility index (Phi) is 4.70. The molecule has 1 aliphatic heterocycles. The lowest BCUT2D eigenvalue weighted by Crippen LogP contribution is -2.27. The van der Waals surface area contributed by atoms with Gasteiger partial charge in [-0.25, -0.2) is 0 Å². The van der Waals surface area contributed by atoms with Gasteiger partial charge in [0.25, 0.3) is 16.8 Å². The van der Waals surface area contributed by atoms with E-state index in [-0.39, 0.29) is 12.2 Å². The van der Waals surface area contributed by atoms with Crippen molar-refractivity contribution < 1.29 is 14.5 Å². The van der Waals surface area contributed by atoms with Gasteiger partial charge in [-0.15, -0.1) is 11.3 Å². The number of rotatable bonds is 4. The van der Waals surface area contributed by atoms with Crippen LogP contribution in [-0.2, 0) is 11.3 Å². The molecule has 0 radical (unpaired) electrons. The zero-order valence-electron chi connectivity index (χ0n) is 12.0. The summed E-state index contributed by atoms with van der Waals surface area (Å²) in [6.07, 6.45) is 1.62. The molecule has 2 amide bonds. The smallest absolute Gasteiger partial charge is 0.268 e. The molecule has 0 unspecified atom stereocenters. The van der Waals surface area contributed by atoms with E-state index in [1.807, 2.05) is 0 Å². The number of benzene rings is 1. The van der Waals surface area contributed by atoms with Crippen molar-refractivity contribution in [1.29, 1.82) is 0 Å². The van der Waals surface area contributed by atoms with Crippen LogP contribution in [0.4, 0.5) is 10.5 Å². The summed E-state index contributed by atoms with van der Waals surface area (Å²) in [5, 5.41) is 10.4. The van der Waals surface area contributed by atoms with Gasteiger partial charge in [-0.2, -0.15) is 0 Å². The first-order valence-electron chi connectivity index (χ1n) is 6.68. The number of carbonyl (C=O) groups excluding carboxylic acids is 2. The van der Waals surface area contributed by atoms with Crippen molar-refractivity contribution in [1.82, 2.24) is 4.90 Å². The second kappa shape index (κ2) is 6.76. The highest BCUT2D eigenvalue weighted by molar-refractivity contribution is 8.18. The Hall–Kier alpha value is -2.16. The number of halogens is 1. The van der Waals surface area contributed by atoms with E-state index in [2.05, 4.69) is 0 Å². The highest BCUT2D eigenvalue weighted by Crippen LogP contribution is 2.35. The number of amides is 2. The molecule has 2 aromatic rings. The highest BCUT2D eigenvalue weighted by Gasteiger charge is 2.35. The Balaban J connectivity index is 1.81. The molecule has 24 heavy (non-hydrogen) atoms. The second-order valence-electron chi connectivity index (χ2n) is 4.84. The SMILES string of the molecule is O=C1SC(=Cc2ccc(Cl)s2)C(=O)N1Cc1cccc([N+](=O)[O-])c1. The van der Waals surface area contributed by atoms with Crippen LogP contribution in [0, 0.1) is 10.1 Å². The van der Waals surface area contributed by atoms with E-state index >= 15 is 0 Å². The fraction of sp³-hybridized carbons (Fsp3) is 0.0667. The normalized spacial score (nSPS) is 16.2. The maximum Gasteiger partial charge on any atom is 0.293 e. The molecule has 3 rings (SSSR count). The van der Waals surface area contributed by atoms with Gasteiger partial charge in [0.2, 0.25) is 0 Å². The summed E-state index contributed by atoms with van der Waals surface area (Å²) in [7, 11) is 0. The van der Waals surface area contributed by atoms with Crippen LogP contribution in [0.2, 0.25) is 4.34 Å². The molecular weight excluding hydrogens is 372 g/mol. The van der Waals surface area contributed by atoms with Crippen molar-refractivity contribution in [3.8, 4) is 0 Å². The highest BCUT2D eigenvalue weighted by atomic mass is 35.5. The third kappa shape index (κ3) is 3.50. The number of hydrogen-bond acceptors (Lipinski definition) is 6. The summed E-state index contributed by atoms with van der Waals surface area (Å²) in [6.45, 7) is -0.00508. The van der Waals surface area contributed by atoms with E-state index in [0.29, 0.717) is 14.8 Å². The summed E-state index contributed by atoms with van der Waals surface area (Å²) >= 11 is 8.00. The maximum atomic E-state index is 12.4. The first-order valence-corrected chi connectivity index (χ1v) is 8.69. The van der Waals surface area contributed by atoms with Crippen molar-refractivity contribution in [2.24, 2.45) is 0 Å². The van der Waals surface area contributed by atoms with Gasteiger partial charge in [-0.05, 0) is 35.5 Å². The van der Waals surface area contributed by atoms with Gasteiger partial charge in [-0.1, -0.05) is 23.7 Å². The summed E-state index contributed by atoms with van der Waals surface area (Å²) in [4.78, 5) is 36.9. The molecule has 0 bridgehead atoms. The van der Waals surface area contributed by atoms with Crippen molar-refractivity contribution in [3.63, 3.8) is 0 Å². The summed E-state index contributed by atoms with van der Waals surface area (Å²) in [6, 6.07) is 9.35. The van der Waals surface area contributed by atoms with Crippen molar-refractivity contribution >= 4 is 57.6 Å². The fourth-order valence-corrected chi connectivity index (χ4v) is 4.03. The first kappa shape index (κ1) is 16.7. The molecule has 0 saturated carbocycles. The van der Waals surface area contributed by atoms with Crippen LogP contribution in [-0.4, -0.2) is 21.0 Å². The standard InChI is InChI=1S/C15H9ClN2O4S2/c16-13-5-4-11(23-13)7-12-14(19)17(15(20)24-12)8-9-2-1-3-10(6-9)18(21)22/h1-7H,8H2. The molecule has 2 heterocycles. The molecule has 0 atom stereocenters. The Bertz CT molecular complexity index is 878. The molecule has 0 spiro atoms. The Morgan fingerprint density at radius 1 is 1.25 bits per heavy atom. The maximum absolute atomic E-state index is 12.4. The van der Waals surface area contributed by atoms with Gasteiger partial charge < -0.3 is 0 Å². The molecule has 1 aliphatic rings.